The molecule has 0 aromatic carbocycles. The maximum atomic E-state index is 12.9. The molecule has 4 rings (SSSR count). The zero-order chi connectivity index (χ0) is 18.3. The van der Waals surface area contributed by atoms with E-state index in [1.165, 1.54) is 12.8 Å². The van der Waals surface area contributed by atoms with Crippen LogP contribution in [-0.4, -0.2) is 30.2 Å². The lowest BCUT2D eigenvalue weighted by atomic mass is 9.62. The first kappa shape index (κ1) is 17.8. The Morgan fingerprint density at radius 1 is 1.04 bits per heavy atom. The van der Waals surface area contributed by atoms with Crippen LogP contribution in [0.15, 0.2) is 0 Å². The van der Waals surface area contributed by atoms with Gasteiger partial charge in [-0.15, -0.1) is 0 Å². The van der Waals surface area contributed by atoms with Crippen LogP contribution in [0.4, 0.5) is 0 Å². The SMILES string of the molecule is CC1C(C)C2CC1C1C3CC(C(=O)NC(C)(C)CS(=O)(=O)O)C(C3)C21. The van der Waals surface area contributed by atoms with Gasteiger partial charge in [0, 0.05) is 5.92 Å². The van der Waals surface area contributed by atoms with Crippen LogP contribution in [0.1, 0.15) is 47.0 Å². The van der Waals surface area contributed by atoms with E-state index >= 15 is 0 Å². The highest BCUT2D eigenvalue weighted by Gasteiger charge is 2.66. The molecule has 1 amide bonds. The third kappa shape index (κ3) is 2.75. The number of amides is 1. The summed E-state index contributed by atoms with van der Waals surface area (Å²) >= 11 is 0. The molecular weight excluding hydrogens is 338 g/mol. The lowest BCUT2D eigenvalue weighted by Gasteiger charge is -2.43. The summed E-state index contributed by atoms with van der Waals surface area (Å²) in [6.07, 6.45) is 3.50. The second kappa shape index (κ2) is 5.44. The van der Waals surface area contributed by atoms with Crippen LogP contribution in [0.5, 0.6) is 0 Å². The van der Waals surface area contributed by atoms with Gasteiger partial charge in [-0.25, -0.2) is 0 Å². The minimum atomic E-state index is -4.11. The molecule has 4 bridgehead atoms. The second-order valence-corrected chi connectivity index (χ2v) is 11.5. The summed E-state index contributed by atoms with van der Waals surface area (Å²) in [4.78, 5) is 12.9. The summed E-state index contributed by atoms with van der Waals surface area (Å²) < 4.78 is 31.5. The number of carbonyl (C=O) groups is 1. The number of nitrogens with one attached hydrogen (secondary N) is 1. The van der Waals surface area contributed by atoms with E-state index in [0.29, 0.717) is 17.8 Å². The first-order chi connectivity index (χ1) is 11.5. The van der Waals surface area contributed by atoms with E-state index in [4.69, 9.17) is 4.55 Å². The molecule has 6 heteroatoms. The Balaban J connectivity index is 1.47. The van der Waals surface area contributed by atoms with E-state index in [1.54, 1.807) is 13.8 Å². The van der Waals surface area contributed by atoms with E-state index in [1.807, 2.05) is 0 Å². The zero-order valence-electron chi connectivity index (χ0n) is 15.6. The topological polar surface area (TPSA) is 83.5 Å². The number of hydrogen-bond donors (Lipinski definition) is 2. The summed E-state index contributed by atoms with van der Waals surface area (Å²) in [6.45, 7) is 8.13. The van der Waals surface area contributed by atoms with Gasteiger partial charge in [0.15, 0.2) is 0 Å². The van der Waals surface area contributed by atoms with Crippen LogP contribution in [-0.2, 0) is 14.9 Å². The zero-order valence-corrected chi connectivity index (χ0v) is 16.4. The second-order valence-electron chi connectivity index (χ2n) is 10.0. The standard InChI is InChI=1S/C19H31NO4S/c1-9-10(2)13-7-12(9)16-11-5-14(17(13)16)15(6-11)18(21)20-19(3,4)8-25(22,23)24/h9-17H,5-8H2,1-4H3,(H,20,21)(H,22,23,24). The average Bonchev–Trinajstić information content (AvgIpc) is 3.15. The lowest BCUT2D eigenvalue weighted by Crippen LogP contribution is -2.52. The Hall–Kier alpha value is -0.620. The van der Waals surface area contributed by atoms with Gasteiger partial charge in [-0.1, -0.05) is 13.8 Å². The van der Waals surface area contributed by atoms with Crippen LogP contribution in [0, 0.1) is 53.3 Å². The monoisotopic (exact) mass is 369 g/mol. The van der Waals surface area contributed by atoms with E-state index in [9.17, 15) is 13.2 Å². The molecule has 0 aromatic rings. The van der Waals surface area contributed by atoms with Crippen molar-refractivity contribution in [3.8, 4) is 0 Å². The molecule has 9 unspecified atom stereocenters. The summed E-state index contributed by atoms with van der Waals surface area (Å²) in [5.41, 5.74) is -0.942. The molecule has 25 heavy (non-hydrogen) atoms. The minimum Gasteiger partial charge on any atom is -0.350 e. The Morgan fingerprint density at radius 2 is 1.64 bits per heavy atom. The van der Waals surface area contributed by atoms with Gasteiger partial charge >= 0.3 is 0 Å². The Labute approximate surface area is 151 Å². The highest BCUT2D eigenvalue weighted by Crippen LogP contribution is 2.71. The normalized spacial score (nSPS) is 48.0. The van der Waals surface area contributed by atoms with E-state index in [0.717, 1.165) is 36.0 Å². The molecule has 0 spiro atoms. The van der Waals surface area contributed by atoms with Gasteiger partial charge in [-0.2, -0.15) is 8.42 Å². The molecule has 4 fully saturated rings. The Morgan fingerprint density at radius 3 is 2.24 bits per heavy atom. The summed E-state index contributed by atoms with van der Waals surface area (Å²) in [6, 6.07) is 0. The van der Waals surface area contributed by atoms with Crippen molar-refractivity contribution < 1.29 is 17.8 Å². The molecule has 0 saturated heterocycles. The quantitative estimate of drug-likeness (QED) is 0.589. The Kier molecular flexibility index (Phi) is 3.87. The maximum Gasteiger partial charge on any atom is 0.267 e. The van der Waals surface area contributed by atoms with Crippen LogP contribution < -0.4 is 5.32 Å². The van der Waals surface area contributed by atoms with Gasteiger partial charge in [0.1, 0.15) is 0 Å². The molecule has 4 aliphatic rings. The predicted octanol–water partition coefficient (Wildman–Crippen LogP) is 2.58. The number of rotatable bonds is 4. The van der Waals surface area contributed by atoms with E-state index in [2.05, 4.69) is 19.2 Å². The molecule has 5 nitrogen and oxygen atoms in total. The third-order valence-corrected chi connectivity index (χ3v) is 9.27. The van der Waals surface area contributed by atoms with Crippen molar-refractivity contribution in [1.82, 2.24) is 5.32 Å². The molecular formula is C19H31NO4S. The first-order valence-corrected chi connectivity index (χ1v) is 11.4. The molecule has 0 heterocycles. The van der Waals surface area contributed by atoms with Crippen molar-refractivity contribution in [2.45, 2.75) is 52.5 Å². The van der Waals surface area contributed by atoms with Gasteiger partial charge in [0.05, 0.1) is 11.3 Å². The highest BCUT2D eigenvalue weighted by molar-refractivity contribution is 7.85. The van der Waals surface area contributed by atoms with Gasteiger partial charge < -0.3 is 5.32 Å². The van der Waals surface area contributed by atoms with Crippen molar-refractivity contribution in [2.75, 3.05) is 5.75 Å². The summed E-state index contributed by atoms with van der Waals surface area (Å²) in [5.74, 6) is 5.49. The van der Waals surface area contributed by atoms with Gasteiger partial charge in [0.25, 0.3) is 10.1 Å². The minimum absolute atomic E-state index is 0.0110. The van der Waals surface area contributed by atoms with Crippen LogP contribution in [0.25, 0.3) is 0 Å². The average molecular weight is 370 g/mol. The molecule has 9 atom stereocenters. The Bertz CT molecular complexity index is 688. The largest absolute Gasteiger partial charge is 0.350 e. The number of fused-ring (bicyclic) bond motifs is 9. The van der Waals surface area contributed by atoms with Crippen LogP contribution in [0.2, 0.25) is 0 Å². The fraction of sp³-hybridized carbons (Fsp3) is 0.947. The lowest BCUT2D eigenvalue weighted by molar-refractivity contribution is -0.130. The number of hydrogen-bond acceptors (Lipinski definition) is 3. The maximum absolute atomic E-state index is 12.9. The van der Waals surface area contributed by atoms with Crippen molar-refractivity contribution in [1.29, 1.82) is 0 Å². The van der Waals surface area contributed by atoms with Gasteiger partial charge in [0.2, 0.25) is 5.91 Å². The van der Waals surface area contributed by atoms with Gasteiger partial charge in [-0.05, 0) is 80.5 Å². The molecule has 4 saturated carbocycles. The molecule has 2 N–H and O–H groups in total. The van der Waals surface area contributed by atoms with E-state index < -0.39 is 21.4 Å². The van der Waals surface area contributed by atoms with Crippen molar-refractivity contribution in [2.24, 2.45) is 53.3 Å². The smallest absolute Gasteiger partial charge is 0.267 e. The fourth-order valence-electron chi connectivity index (χ4n) is 7.45. The first-order valence-electron chi connectivity index (χ1n) is 9.76. The van der Waals surface area contributed by atoms with Crippen molar-refractivity contribution in [3.05, 3.63) is 0 Å². The third-order valence-electron chi connectivity index (χ3n) is 8.19. The molecule has 0 aliphatic heterocycles. The predicted molar refractivity (Wildman–Crippen MR) is 95.2 cm³/mol. The summed E-state index contributed by atoms with van der Waals surface area (Å²) in [7, 11) is -4.11. The van der Waals surface area contributed by atoms with Crippen molar-refractivity contribution in [3.63, 3.8) is 0 Å². The van der Waals surface area contributed by atoms with E-state index in [-0.39, 0.29) is 11.8 Å². The molecule has 4 aliphatic carbocycles. The van der Waals surface area contributed by atoms with Gasteiger partial charge in [-0.3, -0.25) is 9.35 Å². The number of carbonyl (C=O) groups excluding carboxylic acids is 1. The highest BCUT2D eigenvalue weighted by atomic mass is 32.2. The molecule has 0 radical (unpaired) electrons. The molecule has 142 valence electrons. The molecule has 0 aromatic heterocycles. The van der Waals surface area contributed by atoms with Crippen molar-refractivity contribution >= 4 is 16.0 Å². The summed E-state index contributed by atoms with van der Waals surface area (Å²) in [5, 5.41) is 2.91. The van der Waals surface area contributed by atoms with Crippen LogP contribution >= 0.6 is 0 Å². The van der Waals surface area contributed by atoms with Crippen LogP contribution in [0.3, 0.4) is 0 Å². The fourth-order valence-corrected chi connectivity index (χ4v) is 8.43.